The van der Waals surface area contributed by atoms with Crippen LogP contribution in [0.3, 0.4) is 0 Å². The Kier molecular flexibility index (Phi) is 9.48. The lowest BCUT2D eigenvalue weighted by molar-refractivity contribution is -0.137. The summed E-state index contributed by atoms with van der Waals surface area (Å²) in [5.74, 6) is -1.06. The molecule has 2 atom stereocenters. The summed E-state index contributed by atoms with van der Waals surface area (Å²) in [4.78, 5) is 24.9. The predicted octanol–water partition coefficient (Wildman–Crippen LogP) is 6.27. The van der Waals surface area contributed by atoms with Gasteiger partial charge in [0, 0.05) is 35.3 Å². The molecule has 0 bridgehead atoms. The van der Waals surface area contributed by atoms with Crippen LogP contribution >= 0.6 is 0 Å². The maximum absolute atomic E-state index is 13.6. The molecule has 3 heterocycles. The smallest absolute Gasteiger partial charge is 0.305 e. The highest BCUT2D eigenvalue weighted by atomic mass is 32.2. The average Bonchev–Trinajstić information content (AvgIpc) is 3.54. The second-order valence-corrected chi connectivity index (χ2v) is 13.5. The number of anilines is 2. The molecule has 0 radical (unpaired) electrons. The molecule has 6 rings (SSSR count). The van der Waals surface area contributed by atoms with Crippen LogP contribution in [0.2, 0.25) is 0 Å². The lowest BCUT2D eigenvalue weighted by Gasteiger charge is -2.23. The van der Waals surface area contributed by atoms with Crippen LogP contribution in [-0.4, -0.2) is 38.4 Å². The van der Waals surface area contributed by atoms with Gasteiger partial charge in [0.15, 0.2) is 5.65 Å². The van der Waals surface area contributed by atoms with E-state index >= 15 is 0 Å². The van der Waals surface area contributed by atoms with Gasteiger partial charge in [0.05, 0.1) is 28.3 Å². The van der Waals surface area contributed by atoms with Gasteiger partial charge >= 0.3 is 5.97 Å². The number of carboxylic acids is 1. The molecule has 0 aliphatic heterocycles. The SMILES string of the molecule is C=C(N[C@@H](C)c1ccc(F)cc1)c1cc(C#N)cnc1N[C@H](CC(=O)O)c1ccc(-c2cn(S(=O)(=O)c3ccccc3)c3ncnc(N)c23)cc1. The second kappa shape index (κ2) is 14.1. The van der Waals surface area contributed by atoms with Gasteiger partial charge in [0.2, 0.25) is 0 Å². The third-order valence-corrected chi connectivity index (χ3v) is 9.96. The summed E-state index contributed by atoms with van der Waals surface area (Å²) >= 11 is 0. The molecule has 0 unspecified atom stereocenters. The fraction of sp³-hybridized carbons (Fsp3) is 0.108. The Bertz CT molecular complexity index is 2410. The molecule has 51 heavy (non-hydrogen) atoms. The predicted molar refractivity (Wildman–Crippen MR) is 191 cm³/mol. The van der Waals surface area contributed by atoms with Crippen LogP contribution in [0.1, 0.15) is 47.7 Å². The fourth-order valence-electron chi connectivity index (χ4n) is 5.70. The van der Waals surface area contributed by atoms with Crippen LogP contribution in [0.5, 0.6) is 0 Å². The molecule has 0 saturated heterocycles. The number of nitrogen functional groups attached to an aromatic ring is 1. The van der Waals surface area contributed by atoms with Crippen molar-refractivity contribution in [2.24, 2.45) is 0 Å². The molecule has 3 aromatic carbocycles. The normalized spacial score (nSPS) is 12.5. The summed E-state index contributed by atoms with van der Waals surface area (Å²) in [5, 5.41) is 26.3. The van der Waals surface area contributed by atoms with Crippen molar-refractivity contribution in [2.45, 2.75) is 30.3 Å². The molecule has 14 heteroatoms. The Morgan fingerprint density at radius 3 is 2.39 bits per heavy atom. The topological polar surface area (TPSA) is 189 Å². The highest BCUT2D eigenvalue weighted by Crippen LogP contribution is 2.36. The summed E-state index contributed by atoms with van der Waals surface area (Å²) < 4.78 is 41.8. The Hall–Kier alpha value is -6.59. The molecule has 3 aromatic heterocycles. The number of aromatic nitrogens is 4. The first-order valence-corrected chi connectivity index (χ1v) is 17.0. The van der Waals surface area contributed by atoms with E-state index in [0.29, 0.717) is 33.3 Å². The maximum atomic E-state index is 13.6. The number of nitrogens with two attached hydrogens (primary N) is 1. The molecule has 0 aliphatic carbocycles. The standard InChI is InChI=1S/C37H31FN8O4S/c1-22(25-12-14-28(38)15-13-25)44-23(2)30-16-24(18-39)19-41-36(30)45-32(17-33(47)48)27-10-8-26(9-11-27)31-20-46(37-34(31)35(40)42-21-43-37)51(49,50)29-6-4-3-5-7-29/h3-16,19-22,32,44H,2,17H2,1H3,(H,41,45)(H,47,48)(H2,40,42,43)/t22-,32+/m0/s1. The number of pyridine rings is 1. The number of benzene rings is 3. The van der Waals surface area contributed by atoms with E-state index < -0.39 is 22.0 Å². The Morgan fingerprint density at radius 2 is 1.73 bits per heavy atom. The van der Waals surface area contributed by atoms with Crippen molar-refractivity contribution in [3.8, 4) is 17.2 Å². The molecule has 0 fully saturated rings. The molecule has 12 nitrogen and oxygen atoms in total. The zero-order valence-electron chi connectivity index (χ0n) is 27.2. The third-order valence-electron chi connectivity index (χ3n) is 8.30. The minimum atomic E-state index is -4.04. The van der Waals surface area contributed by atoms with Gasteiger partial charge in [-0.2, -0.15) is 5.26 Å². The summed E-state index contributed by atoms with van der Waals surface area (Å²) in [6, 6.07) is 23.4. The lowest BCUT2D eigenvalue weighted by atomic mass is 9.98. The third kappa shape index (κ3) is 7.10. The van der Waals surface area contributed by atoms with Crippen molar-refractivity contribution in [3.05, 3.63) is 138 Å². The van der Waals surface area contributed by atoms with Crippen molar-refractivity contribution in [2.75, 3.05) is 11.1 Å². The summed E-state index contributed by atoms with van der Waals surface area (Å²) in [7, 11) is -4.04. The molecule has 6 aromatic rings. The van der Waals surface area contributed by atoms with Gasteiger partial charge in [0.1, 0.15) is 29.8 Å². The molecule has 0 aliphatic rings. The molecular weight excluding hydrogens is 672 g/mol. The Morgan fingerprint density at radius 1 is 1.04 bits per heavy atom. The van der Waals surface area contributed by atoms with Crippen LogP contribution in [0.25, 0.3) is 27.9 Å². The van der Waals surface area contributed by atoms with Gasteiger partial charge in [-0.05, 0) is 53.9 Å². The van der Waals surface area contributed by atoms with E-state index in [1.165, 1.54) is 43.0 Å². The first-order chi connectivity index (χ1) is 24.5. The monoisotopic (exact) mass is 702 g/mol. The molecule has 256 valence electrons. The second-order valence-electron chi connectivity index (χ2n) is 11.7. The average molecular weight is 703 g/mol. The van der Waals surface area contributed by atoms with Gasteiger partial charge in [-0.25, -0.2) is 31.7 Å². The summed E-state index contributed by atoms with van der Waals surface area (Å²) in [6.45, 7) is 6.02. The van der Waals surface area contributed by atoms with E-state index in [-0.39, 0.29) is 46.0 Å². The quantitative estimate of drug-likeness (QED) is 0.112. The molecule has 0 spiro atoms. The van der Waals surface area contributed by atoms with Gasteiger partial charge < -0.3 is 21.5 Å². The van der Waals surface area contributed by atoms with Gasteiger partial charge in [0.25, 0.3) is 10.0 Å². The van der Waals surface area contributed by atoms with Crippen LogP contribution in [-0.2, 0) is 14.8 Å². The highest BCUT2D eigenvalue weighted by molar-refractivity contribution is 7.90. The number of fused-ring (bicyclic) bond motifs is 1. The van der Waals surface area contributed by atoms with Crippen molar-refractivity contribution in [1.82, 2.24) is 24.2 Å². The van der Waals surface area contributed by atoms with Crippen LogP contribution in [0, 0.1) is 17.1 Å². The van der Waals surface area contributed by atoms with E-state index in [1.54, 1.807) is 60.7 Å². The number of aliphatic carboxylic acids is 1. The van der Waals surface area contributed by atoms with Gasteiger partial charge in [-0.3, -0.25) is 4.79 Å². The zero-order valence-corrected chi connectivity index (χ0v) is 28.0. The minimum Gasteiger partial charge on any atom is -0.481 e. The van der Waals surface area contributed by atoms with Crippen molar-refractivity contribution in [1.29, 1.82) is 5.26 Å². The Labute approximate surface area is 292 Å². The first kappa shape index (κ1) is 34.3. The molecular formula is C37H31FN8O4S. The highest BCUT2D eigenvalue weighted by Gasteiger charge is 2.25. The number of nitriles is 1. The zero-order chi connectivity index (χ0) is 36.3. The number of nitrogens with zero attached hydrogens (tertiary/aromatic N) is 5. The number of hydrogen-bond donors (Lipinski definition) is 4. The maximum Gasteiger partial charge on any atom is 0.305 e. The molecule has 5 N–H and O–H groups in total. The molecule has 0 amide bonds. The van der Waals surface area contributed by atoms with Crippen LogP contribution < -0.4 is 16.4 Å². The largest absolute Gasteiger partial charge is 0.481 e. The summed E-state index contributed by atoms with van der Waals surface area (Å²) in [5.41, 5.74) is 9.91. The van der Waals surface area contributed by atoms with Crippen molar-refractivity contribution >= 4 is 44.4 Å². The van der Waals surface area contributed by atoms with Crippen molar-refractivity contribution < 1.29 is 22.7 Å². The fourth-order valence-corrected chi connectivity index (χ4v) is 7.04. The van der Waals surface area contributed by atoms with Crippen molar-refractivity contribution in [3.63, 3.8) is 0 Å². The van der Waals surface area contributed by atoms with Gasteiger partial charge in [-0.15, -0.1) is 0 Å². The number of nitrogens with one attached hydrogen (secondary N) is 2. The lowest BCUT2D eigenvalue weighted by Crippen LogP contribution is -2.20. The van der Waals surface area contributed by atoms with E-state index in [0.717, 1.165) is 9.54 Å². The van der Waals surface area contributed by atoms with E-state index in [9.17, 15) is 28.0 Å². The number of carbonyl (C=O) groups is 1. The van der Waals surface area contributed by atoms with E-state index in [1.807, 2.05) is 6.92 Å². The number of hydrogen-bond acceptors (Lipinski definition) is 10. The number of carboxylic acid groups (broad SMARTS) is 1. The number of rotatable bonds is 12. The Balaban J connectivity index is 1.33. The molecule has 0 saturated carbocycles. The minimum absolute atomic E-state index is 0.0714. The van der Waals surface area contributed by atoms with Crippen LogP contribution in [0.4, 0.5) is 16.0 Å². The first-order valence-electron chi connectivity index (χ1n) is 15.6. The summed E-state index contributed by atoms with van der Waals surface area (Å²) in [6.07, 6.45) is 3.68. The van der Waals surface area contributed by atoms with E-state index in [2.05, 4.69) is 38.2 Å². The number of halogens is 1. The van der Waals surface area contributed by atoms with Gasteiger partial charge in [-0.1, -0.05) is 61.2 Å². The van der Waals surface area contributed by atoms with E-state index in [4.69, 9.17) is 5.73 Å². The van der Waals surface area contributed by atoms with Crippen LogP contribution in [0.15, 0.2) is 115 Å².